The van der Waals surface area contributed by atoms with Crippen LogP contribution in [0.25, 0.3) is 11.1 Å². The zero-order chi connectivity index (χ0) is 15.6. The Hall–Kier alpha value is -1.74. The molecule has 2 aliphatic rings. The summed E-state index contributed by atoms with van der Waals surface area (Å²) in [6.07, 6.45) is 10.8. The van der Waals surface area contributed by atoms with Gasteiger partial charge in [0, 0.05) is 30.5 Å². The van der Waals surface area contributed by atoms with Crippen molar-refractivity contribution in [3.63, 3.8) is 0 Å². The van der Waals surface area contributed by atoms with Crippen LogP contribution in [0.5, 0.6) is 0 Å². The molecule has 0 radical (unpaired) electrons. The molecule has 0 bridgehead atoms. The van der Waals surface area contributed by atoms with E-state index in [0.717, 1.165) is 23.4 Å². The molecular weight excluding hydrogens is 282 g/mol. The van der Waals surface area contributed by atoms with E-state index in [1.54, 1.807) is 6.33 Å². The smallest absolute Gasteiger partial charge is 0.115 e. The Bertz CT molecular complexity index is 632. The van der Waals surface area contributed by atoms with Crippen LogP contribution in [-0.2, 0) is 0 Å². The zero-order valence-corrected chi connectivity index (χ0v) is 13.9. The molecule has 4 rings (SSSR count). The van der Waals surface area contributed by atoms with E-state index < -0.39 is 0 Å². The first-order valence-corrected chi connectivity index (χ1v) is 8.89. The van der Waals surface area contributed by atoms with Crippen LogP contribution in [0, 0.1) is 5.92 Å². The Balaban J connectivity index is 1.34. The fourth-order valence-corrected chi connectivity index (χ4v) is 4.15. The minimum atomic E-state index is 0.763. The SMILES string of the molecule is CC1CCCN1CC1CC(c2ccc(-c3cncnc3)cc2)C1. The van der Waals surface area contributed by atoms with Crippen LogP contribution >= 0.6 is 0 Å². The Labute approximate surface area is 138 Å². The van der Waals surface area contributed by atoms with E-state index in [1.807, 2.05) is 12.4 Å². The van der Waals surface area contributed by atoms with Gasteiger partial charge >= 0.3 is 0 Å². The molecule has 1 unspecified atom stereocenters. The van der Waals surface area contributed by atoms with Gasteiger partial charge < -0.3 is 4.90 Å². The monoisotopic (exact) mass is 307 g/mol. The zero-order valence-electron chi connectivity index (χ0n) is 13.9. The van der Waals surface area contributed by atoms with Crippen molar-refractivity contribution in [3.05, 3.63) is 48.5 Å². The summed E-state index contributed by atoms with van der Waals surface area (Å²) in [5, 5.41) is 0. The van der Waals surface area contributed by atoms with Crippen LogP contribution in [0.15, 0.2) is 43.0 Å². The molecule has 3 heteroatoms. The standard InChI is InChI=1S/C20H25N3/c1-15-3-2-8-23(15)13-16-9-19(10-16)17-4-6-18(7-5-17)20-11-21-14-22-12-20/h4-7,11-12,14-16,19H,2-3,8-10,13H2,1H3. The van der Waals surface area contributed by atoms with Crippen LogP contribution in [0.1, 0.15) is 44.1 Å². The minimum absolute atomic E-state index is 0.763. The number of hydrogen-bond donors (Lipinski definition) is 0. The van der Waals surface area contributed by atoms with Crippen LogP contribution < -0.4 is 0 Å². The maximum Gasteiger partial charge on any atom is 0.115 e. The molecule has 23 heavy (non-hydrogen) atoms. The number of hydrogen-bond acceptors (Lipinski definition) is 3. The second-order valence-electron chi connectivity index (χ2n) is 7.27. The maximum absolute atomic E-state index is 4.09. The molecule has 2 aromatic rings. The van der Waals surface area contributed by atoms with Gasteiger partial charge in [-0.3, -0.25) is 0 Å². The molecule has 1 aliphatic carbocycles. The summed E-state index contributed by atoms with van der Waals surface area (Å²) in [7, 11) is 0. The van der Waals surface area contributed by atoms with Crippen molar-refractivity contribution in [2.75, 3.05) is 13.1 Å². The molecule has 0 amide bonds. The van der Waals surface area contributed by atoms with E-state index >= 15 is 0 Å². The summed E-state index contributed by atoms with van der Waals surface area (Å²) in [4.78, 5) is 10.9. The van der Waals surface area contributed by atoms with E-state index in [-0.39, 0.29) is 0 Å². The molecule has 3 nitrogen and oxygen atoms in total. The molecule has 0 N–H and O–H groups in total. The first-order valence-electron chi connectivity index (χ1n) is 8.89. The number of aromatic nitrogens is 2. The van der Waals surface area contributed by atoms with Gasteiger partial charge in [-0.15, -0.1) is 0 Å². The summed E-state index contributed by atoms with van der Waals surface area (Å²) < 4.78 is 0. The molecule has 2 heterocycles. The first kappa shape index (κ1) is 14.8. The van der Waals surface area contributed by atoms with Crippen molar-refractivity contribution in [3.8, 4) is 11.1 Å². The third-order valence-electron chi connectivity index (χ3n) is 5.69. The molecule has 1 saturated heterocycles. The van der Waals surface area contributed by atoms with Crippen molar-refractivity contribution < 1.29 is 0 Å². The van der Waals surface area contributed by atoms with Crippen LogP contribution in [0.3, 0.4) is 0 Å². The predicted molar refractivity (Wildman–Crippen MR) is 93.2 cm³/mol. The van der Waals surface area contributed by atoms with E-state index in [9.17, 15) is 0 Å². The summed E-state index contributed by atoms with van der Waals surface area (Å²) in [5.74, 6) is 1.67. The van der Waals surface area contributed by atoms with Gasteiger partial charge in [0.15, 0.2) is 0 Å². The minimum Gasteiger partial charge on any atom is -0.300 e. The van der Waals surface area contributed by atoms with Crippen molar-refractivity contribution in [1.82, 2.24) is 14.9 Å². The van der Waals surface area contributed by atoms with Gasteiger partial charge in [-0.2, -0.15) is 0 Å². The van der Waals surface area contributed by atoms with Gasteiger partial charge in [0.2, 0.25) is 0 Å². The van der Waals surface area contributed by atoms with Crippen molar-refractivity contribution >= 4 is 0 Å². The number of nitrogens with zero attached hydrogens (tertiary/aromatic N) is 3. The van der Waals surface area contributed by atoms with E-state index in [1.165, 1.54) is 49.9 Å². The maximum atomic E-state index is 4.09. The quantitative estimate of drug-likeness (QED) is 0.851. The topological polar surface area (TPSA) is 29.0 Å². The Morgan fingerprint density at radius 3 is 2.43 bits per heavy atom. The number of benzene rings is 1. The third-order valence-corrected chi connectivity index (χ3v) is 5.69. The first-order chi connectivity index (χ1) is 11.3. The highest BCUT2D eigenvalue weighted by molar-refractivity contribution is 5.61. The van der Waals surface area contributed by atoms with Gasteiger partial charge in [0.05, 0.1) is 0 Å². The van der Waals surface area contributed by atoms with Gasteiger partial charge in [-0.25, -0.2) is 9.97 Å². The summed E-state index contributed by atoms with van der Waals surface area (Å²) in [5.41, 5.74) is 3.79. The second kappa shape index (κ2) is 6.40. The molecular formula is C20H25N3. The molecule has 0 spiro atoms. The van der Waals surface area contributed by atoms with Crippen LogP contribution in [0.2, 0.25) is 0 Å². The third kappa shape index (κ3) is 3.16. The second-order valence-corrected chi connectivity index (χ2v) is 7.27. The van der Waals surface area contributed by atoms with Crippen molar-refractivity contribution in [1.29, 1.82) is 0 Å². The highest BCUT2D eigenvalue weighted by atomic mass is 15.2. The van der Waals surface area contributed by atoms with Crippen LogP contribution in [0.4, 0.5) is 0 Å². The fraction of sp³-hybridized carbons (Fsp3) is 0.500. The molecule has 120 valence electrons. The normalized spacial score (nSPS) is 27.8. The number of likely N-dealkylation sites (tertiary alicyclic amines) is 1. The van der Waals surface area contributed by atoms with Crippen LogP contribution in [-0.4, -0.2) is 34.0 Å². The Morgan fingerprint density at radius 2 is 1.78 bits per heavy atom. The average molecular weight is 307 g/mol. The largest absolute Gasteiger partial charge is 0.300 e. The lowest BCUT2D eigenvalue weighted by Gasteiger charge is -2.39. The lowest BCUT2D eigenvalue weighted by Crippen LogP contribution is -2.37. The lowest BCUT2D eigenvalue weighted by atomic mass is 9.71. The van der Waals surface area contributed by atoms with Gasteiger partial charge in [0.25, 0.3) is 0 Å². The lowest BCUT2D eigenvalue weighted by molar-refractivity contribution is 0.154. The Kier molecular flexibility index (Phi) is 4.13. The van der Waals surface area contributed by atoms with E-state index in [0.29, 0.717) is 0 Å². The highest BCUT2D eigenvalue weighted by Crippen LogP contribution is 2.42. The molecule has 1 atom stereocenters. The average Bonchev–Trinajstić information content (AvgIpc) is 2.97. The van der Waals surface area contributed by atoms with Crippen molar-refractivity contribution in [2.45, 2.75) is 44.6 Å². The fourth-order valence-electron chi connectivity index (χ4n) is 4.15. The predicted octanol–water partition coefficient (Wildman–Crippen LogP) is 4.12. The van der Waals surface area contributed by atoms with Crippen molar-refractivity contribution in [2.24, 2.45) is 5.92 Å². The van der Waals surface area contributed by atoms with E-state index in [2.05, 4.69) is 46.1 Å². The van der Waals surface area contributed by atoms with Gasteiger partial charge in [-0.05, 0) is 62.1 Å². The molecule has 1 aliphatic heterocycles. The molecule has 1 saturated carbocycles. The summed E-state index contributed by atoms with van der Waals surface area (Å²) in [6.45, 7) is 5.02. The summed E-state index contributed by atoms with van der Waals surface area (Å²) in [6, 6.07) is 9.82. The highest BCUT2D eigenvalue weighted by Gasteiger charge is 2.33. The summed E-state index contributed by atoms with van der Waals surface area (Å²) >= 11 is 0. The molecule has 2 fully saturated rings. The molecule has 1 aromatic heterocycles. The number of rotatable bonds is 4. The van der Waals surface area contributed by atoms with Gasteiger partial charge in [-0.1, -0.05) is 24.3 Å². The Morgan fingerprint density at radius 1 is 1.04 bits per heavy atom. The van der Waals surface area contributed by atoms with Gasteiger partial charge in [0.1, 0.15) is 6.33 Å². The van der Waals surface area contributed by atoms with E-state index in [4.69, 9.17) is 0 Å². The molecule has 1 aromatic carbocycles.